The highest BCUT2D eigenvalue weighted by Gasteiger charge is 2.27. The predicted octanol–water partition coefficient (Wildman–Crippen LogP) is 4.15. The van der Waals surface area contributed by atoms with Crippen molar-refractivity contribution in [3.63, 3.8) is 0 Å². The van der Waals surface area contributed by atoms with E-state index < -0.39 is 0 Å². The van der Waals surface area contributed by atoms with E-state index in [1.807, 2.05) is 18.2 Å². The van der Waals surface area contributed by atoms with E-state index >= 15 is 0 Å². The summed E-state index contributed by atoms with van der Waals surface area (Å²) < 4.78 is 0. The molecule has 4 rings (SSSR count). The Kier molecular flexibility index (Phi) is 5.40. The van der Waals surface area contributed by atoms with Crippen LogP contribution in [0.15, 0.2) is 42.7 Å². The molecule has 0 saturated carbocycles. The molecule has 1 aliphatic heterocycles. The summed E-state index contributed by atoms with van der Waals surface area (Å²) in [5.41, 5.74) is 2.82. The van der Waals surface area contributed by atoms with Gasteiger partial charge in [0.1, 0.15) is 11.4 Å². The zero-order valence-corrected chi connectivity index (χ0v) is 17.1. The van der Waals surface area contributed by atoms with Gasteiger partial charge in [-0.15, -0.1) is 0 Å². The van der Waals surface area contributed by atoms with Crippen molar-refractivity contribution in [1.82, 2.24) is 15.0 Å². The van der Waals surface area contributed by atoms with E-state index in [1.165, 1.54) is 0 Å². The van der Waals surface area contributed by atoms with Gasteiger partial charge < -0.3 is 20.6 Å². The molecule has 150 valence electrons. The molecular weight excluding hydrogens is 388 g/mol. The third-order valence-corrected chi connectivity index (χ3v) is 5.02. The minimum absolute atomic E-state index is 0.271. The van der Waals surface area contributed by atoms with Gasteiger partial charge in [-0.1, -0.05) is 23.7 Å². The first-order valence-electron chi connectivity index (χ1n) is 9.56. The van der Waals surface area contributed by atoms with Gasteiger partial charge in [-0.25, -0.2) is 9.97 Å². The summed E-state index contributed by atoms with van der Waals surface area (Å²) in [6.45, 7) is 5.66. The first-order chi connectivity index (χ1) is 14.0. The van der Waals surface area contributed by atoms with Crippen LogP contribution in [0.25, 0.3) is 11.4 Å². The standard InChI is InChI=1S/C21H23ClN6O/c1-13(2)28-12-25-18-20(24-8-7-14-3-5-17(29)6-4-14)26-19(27-21(18)28)15-9-16(22)11-23-10-15/h3-6,9-11,13,25,29H,7-8,12H2,1-2H3,(H,24,26,27). The molecule has 0 aliphatic carbocycles. The lowest BCUT2D eigenvalue weighted by atomic mass is 10.1. The van der Waals surface area contributed by atoms with Crippen molar-refractivity contribution in [1.29, 1.82) is 0 Å². The number of phenolic OH excluding ortho intramolecular Hbond substituents is 1. The van der Waals surface area contributed by atoms with Crippen LogP contribution in [0.4, 0.5) is 17.3 Å². The fraction of sp³-hybridized carbons (Fsp3) is 0.286. The van der Waals surface area contributed by atoms with Gasteiger partial charge in [0.2, 0.25) is 0 Å². The van der Waals surface area contributed by atoms with Crippen molar-refractivity contribution >= 4 is 28.9 Å². The fourth-order valence-corrected chi connectivity index (χ4v) is 3.44. The molecule has 0 unspecified atom stereocenters. The zero-order chi connectivity index (χ0) is 20.4. The highest BCUT2D eigenvalue weighted by Crippen LogP contribution is 2.38. The monoisotopic (exact) mass is 410 g/mol. The Hall–Kier alpha value is -3.06. The second kappa shape index (κ2) is 8.13. The highest BCUT2D eigenvalue weighted by molar-refractivity contribution is 6.30. The number of pyridine rings is 1. The van der Waals surface area contributed by atoms with E-state index in [9.17, 15) is 5.11 Å². The number of benzene rings is 1. The number of nitrogens with one attached hydrogen (secondary N) is 2. The Bertz CT molecular complexity index is 1010. The Balaban J connectivity index is 1.63. The summed E-state index contributed by atoms with van der Waals surface area (Å²) in [5.74, 6) is 2.48. The number of hydrogen-bond donors (Lipinski definition) is 3. The third kappa shape index (κ3) is 4.19. The normalized spacial score (nSPS) is 12.8. The Morgan fingerprint density at radius 1 is 1.21 bits per heavy atom. The number of aromatic nitrogens is 3. The molecule has 2 aromatic heterocycles. The number of rotatable bonds is 6. The average Bonchev–Trinajstić information content (AvgIpc) is 3.14. The predicted molar refractivity (Wildman–Crippen MR) is 117 cm³/mol. The number of nitrogens with zero attached hydrogens (tertiary/aromatic N) is 4. The van der Waals surface area contributed by atoms with E-state index in [-0.39, 0.29) is 5.75 Å². The van der Waals surface area contributed by atoms with Gasteiger partial charge >= 0.3 is 0 Å². The van der Waals surface area contributed by atoms with Crippen LogP contribution in [0.3, 0.4) is 0 Å². The van der Waals surface area contributed by atoms with Crippen molar-refractivity contribution in [2.45, 2.75) is 26.3 Å². The van der Waals surface area contributed by atoms with E-state index in [1.54, 1.807) is 24.5 Å². The van der Waals surface area contributed by atoms with Gasteiger partial charge in [0.25, 0.3) is 0 Å². The molecule has 0 bridgehead atoms. The number of aromatic hydroxyl groups is 1. The second-order valence-electron chi connectivity index (χ2n) is 7.23. The minimum Gasteiger partial charge on any atom is -0.508 e. The maximum Gasteiger partial charge on any atom is 0.165 e. The van der Waals surface area contributed by atoms with Crippen LogP contribution in [0, 0.1) is 0 Å². The summed E-state index contributed by atoms with van der Waals surface area (Å²) >= 11 is 6.12. The molecule has 8 heteroatoms. The van der Waals surface area contributed by atoms with Gasteiger partial charge in [0, 0.05) is 30.5 Å². The molecule has 3 aromatic rings. The summed E-state index contributed by atoms with van der Waals surface area (Å²) in [6.07, 6.45) is 4.12. The van der Waals surface area contributed by atoms with E-state index in [0.29, 0.717) is 30.1 Å². The highest BCUT2D eigenvalue weighted by atomic mass is 35.5. The molecule has 0 fully saturated rings. The van der Waals surface area contributed by atoms with Crippen LogP contribution in [0.2, 0.25) is 5.02 Å². The second-order valence-corrected chi connectivity index (χ2v) is 7.66. The zero-order valence-electron chi connectivity index (χ0n) is 16.4. The lowest BCUT2D eigenvalue weighted by Gasteiger charge is -2.22. The molecule has 3 N–H and O–H groups in total. The van der Waals surface area contributed by atoms with Crippen LogP contribution in [0.5, 0.6) is 5.75 Å². The molecule has 1 aromatic carbocycles. The largest absolute Gasteiger partial charge is 0.508 e. The number of phenols is 1. The van der Waals surface area contributed by atoms with Crippen molar-refractivity contribution in [2.75, 3.05) is 28.7 Å². The summed E-state index contributed by atoms with van der Waals surface area (Å²) in [6, 6.07) is 9.35. The van der Waals surface area contributed by atoms with E-state index in [4.69, 9.17) is 21.6 Å². The lowest BCUT2D eigenvalue weighted by molar-refractivity contribution is 0.475. The molecule has 0 radical (unpaired) electrons. The summed E-state index contributed by atoms with van der Waals surface area (Å²) in [4.78, 5) is 15.9. The van der Waals surface area contributed by atoms with Crippen LogP contribution in [-0.4, -0.2) is 39.3 Å². The van der Waals surface area contributed by atoms with Gasteiger partial charge in [-0.2, -0.15) is 0 Å². The van der Waals surface area contributed by atoms with E-state index in [2.05, 4.69) is 34.4 Å². The number of halogens is 1. The van der Waals surface area contributed by atoms with Crippen molar-refractivity contribution in [2.24, 2.45) is 0 Å². The molecule has 0 spiro atoms. The van der Waals surface area contributed by atoms with Gasteiger partial charge in [0.15, 0.2) is 17.5 Å². The number of fused-ring (bicyclic) bond motifs is 1. The van der Waals surface area contributed by atoms with Gasteiger partial charge in [-0.05, 0) is 44.0 Å². The lowest BCUT2D eigenvalue weighted by Crippen LogP contribution is -2.30. The van der Waals surface area contributed by atoms with Crippen LogP contribution < -0.4 is 15.5 Å². The molecule has 7 nitrogen and oxygen atoms in total. The maximum absolute atomic E-state index is 9.43. The molecule has 0 saturated heterocycles. The first-order valence-corrected chi connectivity index (χ1v) is 9.94. The van der Waals surface area contributed by atoms with Crippen molar-refractivity contribution in [3.8, 4) is 17.1 Å². The first kappa shape index (κ1) is 19.3. The smallest absolute Gasteiger partial charge is 0.165 e. The van der Waals surface area contributed by atoms with Crippen LogP contribution >= 0.6 is 11.6 Å². The molecule has 1 aliphatic rings. The molecular formula is C21H23ClN6O. The maximum atomic E-state index is 9.43. The van der Waals surface area contributed by atoms with Crippen LogP contribution in [-0.2, 0) is 6.42 Å². The van der Waals surface area contributed by atoms with Gasteiger partial charge in [0.05, 0.1) is 11.7 Å². The van der Waals surface area contributed by atoms with Gasteiger partial charge in [-0.3, -0.25) is 4.98 Å². The topological polar surface area (TPSA) is 86.2 Å². The Labute approximate surface area is 174 Å². The van der Waals surface area contributed by atoms with Crippen molar-refractivity contribution < 1.29 is 5.11 Å². The molecule has 29 heavy (non-hydrogen) atoms. The summed E-state index contributed by atoms with van der Waals surface area (Å²) in [5, 5.41) is 16.8. The Morgan fingerprint density at radius 3 is 2.72 bits per heavy atom. The fourth-order valence-electron chi connectivity index (χ4n) is 3.26. The Morgan fingerprint density at radius 2 is 2.00 bits per heavy atom. The minimum atomic E-state index is 0.271. The summed E-state index contributed by atoms with van der Waals surface area (Å²) in [7, 11) is 0. The molecule has 0 atom stereocenters. The van der Waals surface area contributed by atoms with Crippen molar-refractivity contribution in [3.05, 3.63) is 53.3 Å². The third-order valence-electron chi connectivity index (χ3n) is 4.82. The SMILES string of the molecule is CC(C)N1CNc2c(NCCc3ccc(O)cc3)nc(-c3cncc(Cl)c3)nc21. The molecule has 3 heterocycles. The van der Waals surface area contributed by atoms with E-state index in [0.717, 1.165) is 34.9 Å². The quantitative estimate of drug-likeness (QED) is 0.562. The number of hydrogen-bond acceptors (Lipinski definition) is 7. The molecule has 0 amide bonds. The average molecular weight is 411 g/mol. The van der Waals surface area contributed by atoms with Crippen LogP contribution in [0.1, 0.15) is 19.4 Å². The number of anilines is 3.